The number of para-hydroxylation sites is 1. The fourth-order valence-electron chi connectivity index (χ4n) is 3.59. The second-order valence-electron chi connectivity index (χ2n) is 7.50. The molecule has 1 aliphatic rings. The molecule has 2 aromatic carbocycles. The van der Waals surface area contributed by atoms with Gasteiger partial charge in [-0.05, 0) is 61.1 Å². The lowest BCUT2D eigenvalue weighted by molar-refractivity contribution is 0.102. The first-order valence-corrected chi connectivity index (χ1v) is 12.2. The molecule has 0 bridgehead atoms. The van der Waals surface area contributed by atoms with Gasteiger partial charge in [0, 0.05) is 10.4 Å². The number of halogens is 1. The summed E-state index contributed by atoms with van der Waals surface area (Å²) in [5, 5.41) is 13.6. The number of benzene rings is 2. The quantitative estimate of drug-likeness (QED) is 0.496. The number of amides is 1. The van der Waals surface area contributed by atoms with Gasteiger partial charge in [-0.25, -0.2) is 4.21 Å². The van der Waals surface area contributed by atoms with Crippen LogP contribution in [0.25, 0.3) is 0 Å². The number of hydrogen-bond donors (Lipinski definition) is 2. The first kappa shape index (κ1) is 21.6. The minimum atomic E-state index is -1.59. The zero-order valence-corrected chi connectivity index (χ0v) is 19.2. The zero-order chi connectivity index (χ0) is 22.0. The second-order valence-corrected chi connectivity index (χ2v) is 10.2. The van der Waals surface area contributed by atoms with Crippen LogP contribution in [0.1, 0.15) is 39.7 Å². The van der Waals surface area contributed by atoms with Gasteiger partial charge in [-0.1, -0.05) is 36.7 Å². The van der Waals surface area contributed by atoms with Crippen molar-refractivity contribution in [3.8, 4) is 6.07 Å². The van der Waals surface area contributed by atoms with Crippen molar-refractivity contribution in [3.63, 3.8) is 0 Å². The summed E-state index contributed by atoms with van der Waals surface area (Å²) in [4.78, 5) is 14.5. The standard InChI is InChI=1S/C23H20ClN3O2S2/c1-14-9-10-17-18(13-25)23(30-21(17)11-14)26-22(28)15-5-4-6-16(12-15)31(29)27-20-8-3-2-7-19(20)24/h2-8,12,14,27H,9-11H2,1H3,(H,26,28). The Bertz CT molecular complexity index is 1220. The number of hydrogen-bond acceptors (Lipinski definition) is 4. The van der Waals surface area contributed by atoms with Crippen LogP contribution >= 0.6 is 22.9 Å². The van der Waals surface area contributed by atoms with Gasteiger partial charge in [-0.3, -0.25) is 9.52 Å². The third-order valence-corrected chi connectivity index (χ3v) is 7.82. The number of nitrogens with zero attached hydrogens (tertiary/aromatic N) is 1. The highest BCUT2D eigenvalue weighted by Gasteiger charge is 2.25. The second kappa shape index (κ2) is 9.23. The topological polar surface area (TPSA) is 82.0 Å². The number of anilines is 2. The van der Waals surface area contributed by atoms with Gasteiger partial charge in [0.2, 0.25) is 0 Å². The Morgan fingerprint density at radius 1 is 1.26 bits per heavy atom. The van der Waals surface area contributed by atoms with E-state index in [9.17, 15) is 14.3 Å². The molecule has 0 saturated heterocycles. The van der Waals surface area contributed by atoms with E-state index < -0.39 is 11.0 Å². The molecule has 5 nitrogen and oxygen atoms in total. The maximum Gasteiger partial charge on any atom is 0.256 e. The molecule has 3 aromatic rings. The average Bonchev–Trinajstić information content (AvgIpc) is 3.11. The number of carbonyl (C=O) groups excluding carboxylic acids is 1. The van der Waals surface area contributed by atoms with Crippen molar-refractivity contribution in [1.29, 1.82) is 5.26 Å². The van der Waals surface area contributed by atoms with Crippen molar-refractivity contribution in [3.05, 3.63) is 75.1 Å². The van der Waals surface area contributed by atoms with Gasteiger partial charge < -0.3 is 5.32 Å². The fraction of sp³-hybridized carbons (Fsp3) is 0.217. The van der Waals surface area contributed by atoms with Gasteiger partial charge in [0.15, 0.2) is 0 Å². The van der Waals surface area contributed by atoms with E-state index in [0.29, 0.717) is 37.7 Å². The number of rotatable bonds is 5. The average molecular weight is 470 g/mol. The van der Waals surface area contributed by atoms with Gasteiger partial charge in [0.1, 0.15) is 22.1 Å². The number of thiophene rings is 1. The zero-order valence-electron chi connectivity index (χ0n) is 16.8. The van der Waals surface area contributed by atoms with Gasteiger partial charge in [0.25, 0.3) is 5.91 Å². The van der Waals surface area contributed by atoms with Crippen LogP contribution in [0.3, 0.4) is 0 Å². The molecule has 2 atom stereocenters. The summed E-state index contributed by atoms with van der Waals surface area (Å²) in [5.74, 6) is 0.248. The molecule has 0 saturated carbocycles. The third kappa shape index (κ3) is 4.67. The smallest absolute Gasteiger partial charge is 0.256 e. The maximum atomic E-state index is 12.9. The van der Waals surface area contributed by atoms with E-state index >= 15 is 0 Å². The summed E-state index contributed by atoms with van der Waals surface area (Å²) in [6.07, 6.45) is 2.86. The lowest BCUT2D eigenvalue weighted by atomic mass is 9.88. The summed E-state index contributed by atoms with van der Waals surface area (Å²) in [6.45, 7) is 2.20. The number of carbonyl (C=O) groups is 1. The van der Waals surface area contributed by atoms with Crippen molar-refractivity contribution in [2.24, 2.45) is 5.92 Å². The van der Waals surface area contributed by atoms with E-state index in [0.717, 1.165) is 24.8 Å². The van der Waals surface area contributed by atoms with Gasteiger partial charge in [0.05, 0.1) is 21.2 Å². The SMILES string of the molecule is CC1CCc2c(sc(NC(=O)c3cccc(S(=O)Nc4ccccc4Cl)c3)c2C#N)C1. The van der Waals surface area contributed by atoms with Gasteiger partial charge >= 0.3 is 0 Å². The Morgan fingerprint density at radius 2 is 2.06 bits per heavy atom. The van der Waals surface area contributed by atoms with Gasteiger partial charge in [-0.15, -0.1) is 11.3 Å². The summed E-state index contributed by atoms with van der Waals surface area (Å²) < 4.78 is 15.6. The highest BCUT2D eigenvalue weighted by atomic mass is 35.5. The summed E-state index contributed by atoms with van der Waals surface area (Å²) in [6, 6.07) is 15.9. The molecular weight excluding hydrogens is 450 g/mol. The van der Waals surface area contributed by atoms with Crippen LogP contribution in [0.15, 0.2) is 53.4 Å². The summed E-state index contributed by atoms with van der Waals surface area (Å²) in [5.41, 5.74) is 2.56. The van der Waals surface area contributed by atoms with E-state index in [1.54, 1.807) is 48.5 Å². The lowest BCUT2D eigenvalue weighted by Gasteiger charge is -2.17. The fourth-order valence-corrected chi connectivity index (χ4v) is 6.11. The van der Waals surface area contributed by atoms with E-state index in [1.165, 1.54) is 16.2 Å². The predicted octanol–water partition coefficient (Wildman–Crippen LogP) is 5.78. The van der Waals surface area contributed by atoms with Gasteiger partial charge in [-0.2, -0.15) is 5.26 Å². The Hall–Kier alpha value is -2.66. The molecule has 1 aromatic heterocycles. The molecule has 1 aliphatic carbocycles. The van der Waals surface area contributed by atoms with Crippen molar-refractivity contribution in [1.82, 2.24) is 0 Å². The minimum absolute atomic E-state index is 0.334. The highest BCUT2D eigenvalue weighted by molar-refractivity contribution is 7.86. The maximum absolute atomic E-state index is 12.9. The first-order chi connectivity index (χ1) is 15.0. The predicted molar refractivity (Wildman–Crippen MR) is 126 cm³/mol. The monoisotopic (exact) mass is 469 g/mol. The van der Waals surface area contributed by atoms with Crippen molar-refractivity contribution >= 4 is 50.5 Å². The number of nitriles is 1. The Balaban J connectivity index is 1.54. The molecule has 1 heterocycles. The van der Waals surface area contributed by atoms with Crippen LogP contribution in [0.5, 0.6) is 0 Å². The van der Waals surface area contributed by atoms with E-state index in [-0.39, 0.29) is 5.91 Å². The van der Waals surface area contributed by atoms with Crippen LogP contribution in [-0.2, 0) is 23.8 Å². The van der Waals surface area contributed by atoms with E-state index in [4.69, 9.17) is 11.6 Å². The third-order valence-electron chi connectivity index (χ3n) is 5.24. The molecule has 158 valence electrons. The van der Waals surface area contributed by atoms with Crippen LogP contribution < -0.4 is 10.0 Å². The van der Waals surface area contributed by atoms with E-state index in [1.807, 2.05) is 0 Å². The Morgan fingerprint density at radius 3 is 2.84 bits per heavy atom. The number of nitrogens with one attached hydrogen (secondary N) is 2. The Kier molecular flexibility index (Phi) is 6.42. The molecular formula is C23H20ClN3O2S2. The largest absolute Gasteiger partial charge is 0.312 e. The number of fused-ring (bicyclic) bond motifs is 1. The summed E-state index contributed by atoms with van der Waals surface area (Å²) >= 11 is 7.61. The lowest BCUT2D eigenvalue weighted by Crippen LogP contribution is -2.13. The molecule has 8 heteroatoms. The molecule has 0 fully saturated rings. The first-order valence-electron chi connectivity index (χ1n) is 9.85. The molecule has 4 rings (SSSR count). The van der Waals surface area contributed by atoms with Crippen LogP contribution in [-0.4, -0.2) is 10.1 Å². The highest BCUT2D eigenvalue weighted by Crippen LogP contribution is 2.39. The van der Waals surface area contributed by atoms with Crippen LogP contribution in [0, 0.1) is 17.2 Å². The molecule has 0 radical (unpaired) electrons. The molecule has 0 spiro atoms. The van der Waals surface area contributed by atoms with E-state index in [2.05, 4.69) is 23.0 Å². The van der Waals surface area contributed by atoms with Crippen LogP contribution in [0.2, 0.25) is 5.02 Å². The van der Waals surface area contributed by atoms with Crippen molar-refractivity contribution in [2.45, 2.75) is 31.1 Å². The minimum Gasteiger partial charge on any atom is -0.312 e. The molecule has 0 aliphatic heterocycles. The normalized spacial score (nSPS) is 16.1. The Labute approximate surface area is 192 Å². The molecule has 2 unspecified atom stereocenters. The van der Waals surface area contributed by atoms with Crippen molar-refractivity contribution < 1.29 is 9.00 Å². The van der Waals surface area contributed by atoms with Crippen molar-refractivity contribution in [2.75, 3.05) is 10.0 Å². The molecule has 31 heavy (non-hydrogen) atoms. The summed E-state index contributed by atoms with van der Waals surface area (Å²) in [7, 11) is -1.59. The molecule has 2 N–H and O–H groups in total. The van der Waals surface area contributed by atoms with Crippen LogP contribution in [0.4, 0.5) is 10.7 Å². The molecule has 1 amide bonds.